The van der Waals surface area contributed by atoms with Gasteiger partial charge in [0.2, 0.25) is 5.91 Å². The summed E-state index contributed by atoms with van der Waals surface area (Å²) in [4.78, 5) is 13.7. The molecule has 0 heterocycles. The standard InChI is InChI=1S/C17H18F2N2O2/c1-21(10-12-6-8-13(23-2)9-7-12)11-16(22)20-17-14(18)4-3-5-15(17)19/h3-9H,10-11H2,1-2H3,(H,20,22). The zero-order valence-corrected chi connectivity index (χ0v) is 13.0. The zero-order chi connectivity index (χ0) is 16.8. The Balaban J connectivity index is 1.91. The zero-order valence-electron chi connectivity index (χ0n) is 13.0. The predicted molar refractivity (Wildman–Crippen MR) is 84.3 cm³/mol. The number of amides is 1. The molecule has 6 heteroatoms. The maximum absolute atomic E-state index is 13.5. The van der Waals surface area contributed by atoms with Gasteiger partial charge in [-0.05, 0) is 36.9 Å². The van der Waals surface area contributed by atoms with Crippen molar-refractivity contribution in [2.24, 2.45) is 0 Å². The molecule has 1 amide bonds. The van der Waals surface area contributed by atoms with Gasteiger partial charge in [0.25, 0.3) is 0 Å². The third-order valence-electron chi connectivity index (χ3n) is 3.25. The van der Waals surface area contributed by atoms with Gasteiger partial charge < -0.3 is 10.1 Å². The van der Waals surface area contributed by atoms with E-state index >= 15 is 0 Å². The Morgan fingerprint density at radius 2 is 1.74 bits per heavy atom. The van der Waals surface area contributed by atoms with E-state index < -0.39 is 23.2 Å². The van der Waals surface area contributed by atoms with Gasteiger partial charge in [-0.15, -0.1) is 0 Å². The van der Waals surface area contributed by atoms with Crippen LogP contribution < -0.4 is 10.1 Å². The number of halogens is 2. The summed E-state index contributed by atoms with van der Waals surface area (Å²) in [6.45, 7) is 0.539. The topological polar surface area (TPSA) is 41.6 Å². The van der Waals surface area contributed by atoms with Crippen LogP contribution in [0.25, 0.3) is 0 Å². The van der Waals surface area contributed by atoms with Crippen LogP contribution in [0.5, 0.6) is 5.75 Å². The molecule has 2 aromatic carbocycles. The van der Waals surface area contributed by atoms with Gasteiger partial charge in [0.1, 0.15) is 23.1 Å². The Hall–Kier alpha value is -2.47. The molecule has 23 heavy (non-hydrogen) atoms. The Morgan fingerprint density at radius 3 is 2.30 bits per heavy atom. The molecule has 0 fully saturated rings. The summed E-state index contributed by atoms with van der Waals surface area (Å²) in [5.41, 5.74) is 0.577. The van der Waals surface area contributed by atoms with Crippen LogP contribution in [-0.4, -0.2) is 31.5 Å². The minimum Gasteiger partial charge on any atom is -0.497 e. The molecule has 0 aliphatic carbocycles. The van der Waals surface area contributed by atoms with Crippen molar-refractivity contribution in [2.45, 2.75) is 6.54 Å². The second-order valence-corrected chi connectivity index (χ2v) is 5.17. The third-order valence-corrected chi connectivity index (χ3v) is 3.25. The van der Waals surface area contributed by atoms with Crippen LogP contribution in [0, 0.1) is 11.6 Å². The van der Waals surface area contributed by atoms with E-state index in [1.807, 2.05) is 24.3 Å². The Morgan fingerprint density at radius 1 is 1.13 bits per heavy atom. The highest BCUT2D eigenvalue weighted by Crippen LogP contribution is 2.18. The molecule has 2 aromatic rings. The van der Waals surface area contributed by atoms with Crippen LogP contribution >= 0.6 is 0 Å². The first kappa shape index (κ1) is 16.9. The molecule has 122 valence electrons. The van der Waals surface area contributed by atoms with Crippen molar-refractivity contribution < 1.29 is 18.3 Å². The maximum Gasteiger partial charge on any atom is 0.238 e. The minimum atomic E-state index is -0.795. The van der Waals surface area contributed by atoms with E-state index in [9.17, 15) is 13.6 Å². The SMILES string of the molecule is COc1ccc(CN(C)CC(=O)Nc2c(F)cccc2F)cc1. The lowest BCUT2D eigenvalue weighted by atomic mass is 10.2. The van der Waals surface area contributed by atoms with Gasteiger partial charge in [-0.2, -0.15) is 0 Å². The number of carbonyl (C=O) groups excluding carboxylic acids is 1. The molecule has 0 bridgehead atoms. The third kappa shape index (κ3) is 4.75. The van der Waals surface area contributed by atoms with Crippen LogP contribution in [-0.2, 0) is 11.3 Å². The number of hydrogen-bond acceptors (Lipinski definition) is 3. The number of benzene rings is 2. The number of likely N-dealkylation sites (N-methyl/N-ethyl adjacent to an activating group) is 1. The predicted octanol–water partition coefficient (Wildman–Crippen LogP) is 3.04. The van der Waals surface area contributed by atoms with E-state index in [2.05, 4.69) is 5.32 Å². The van der Waals surface area contributed by atoms with Crippen LogP contribution in [0.1, 0.15) is 5.56 Å². The summed E-state index contributed by atoms with van der Waals surface area (Å²) < 4.78 is 32.1. The largest absolute Gasteiger partial charge is 0.497 e. The first-order valence-electron chi connectivity index (χ1n) is 7.05. The molecule has 1 N–H and O–H groups in total. The van der Waals surface area contributed by atoms with E-state index in [0.29, 0.717) is 6.54 Å². The highest BCUT2D eigenvalue weighted by atomic mass is 19.1. The van der Waals surface area contributed by atoms with Crippen LogP contribution in [0.4, 0.5) is 14.5 Å². The van der Waals surface area contributed by atoms with Gasteiger partial charge in [0, 0.05) is 6.54 Å². The number of methoxy groups -OCH3 is 1. The number of anilines is 1. The van der Waals surface area contributed by atoms with E-state index in [0.717, 1.165) is 23.4 Å². The molecule has 0 radical (unpaired) electrons. The van der Waals surface area contributed by atoms with E-state index in [1.54, 1.807) is 19.1 Å². The fraction of sp³-hybridized carbons (Fsp3) is 0.235. The molecule has 0 aliphatic heterocycles. The van der Waals surface area contributed by atoms with Gasteiger partial charge in [-0.25, -0.2) is 8.78 Å². The second kappa shape index (κ2) is 7.69. The molecular weight excluding hydrogens is 302 g/mol. The van der Waals surface area contributed by atoms with Crippen molar-refractivity contribution >= 4 is 11.6 Å². The van der Waals surface area contributed by atoms with Gasteiger partial charge >= 0.3 is 0 Å². The first-order chi connectivity index (χ1) is 11.0. The Bertz CT molecular complexity index is 655. The maximum atomic E-state index is 13.5. The van der Waals surface area contributed by atoms with E-state index in [1.165, 1.54) is 6.07 Å². The Labute approximate surface area is 133 Å². The van der Waals surface area contributed by atoms with Gasteiger partial charge in [0.15, 0.2) is 0 Å². The molecular formula is C17H18F2N2O2. The fourth-order valence-electron chi connectivity index (χ4n) is 2.14. The summed E-state index contributed by atoms with van der Waals surface area (Å²) in [6.07, 6.45) is 0. The molecule has 0 saturated heterocycles. The number of nitrogens with one attached hydrogen (secondary N) is 1. The normalized spacial score (nSPS) is 10.7. The highest BCUT2D eigenvalue weighted by Gasteiger charge is 2.13. The van der Waals surface area contributed by atoms with Crippen LogP contribution in [0.15, 0.2) is 42.5 Å². The quantitative estimate of drug-likeness (QED) is 0.889. The van der Waals surface area contributed by atoms with Crippen molar-refractivity contribution in [1.29, 1.82) is 0 Å². The van der Waals surface area contributed by atoms with Crippen LogP contribution in [0.2, 0.25) is 0 Å². The lowest BCUT2D eigenvalue weighted by molar-refractivity contribution is -0.117. The number of nitrogens with zero attached hydrogens (tertiary/aromatic N) is 1. The van der Waals surface area contributed by atoms with E-state index in [-0.39, 0.29) is 6.54 Å². The van der Waals surface area contributed by atoms with Gasteiger partial charge in [-0.3, -0.25) is 9.69 Å². The van der Waals surface area contributed by atoms with Crippen molar-refractivity contribution in [3.8, 4) is 5.75 Å². The van der Waals surface area contributed by atoms with E-state index in [4.69, 9.17) is 4.74 Å². The number of hydrogen-bond donors (Lipinski definition) is 1. The number of para-hydroxylation sites is 1. The summed E-state index contributed by atoms with van der Waals surface area (Å²) in [5, 5.41) is 2.26. The number of ether oxygens (including phenoxy) is 1. The van der Waals surface area contributed by atoms with Crippen molar-refractivity contribution in [3.05, 3.63) is 59.7 Å². The minimum absolute atomic E-state index is 0.0137. The smallest absolute Gasteiger partial charge is 0.238 e. The first-order valence-corrected chi connectivity index (χ1v) is 7.05. The highest BCUT2D eigenvalue weighted by molar-refractivity contribution is 5.92. The van der Waals surface area contributed by atoms with Crippen molar-refractivity contribution in [2.75, 3.05) is 26.0 Å². The number of rotatable bonds is 6. The number of carbonyl (C=O) groups is 1. The average molecular weight is 320 g/mol. The molecule has 0 spiro atoms. The molecule has 0 aliphatic rings. The lowest BCUT2D eigenvalue weighted by Gasteiger charge is -2.17. The average Bonchev–Trinajstić information content (AvgIpc) is 2.51. The summed E-state index contributed by atoms with van der Waals surface area (Å²) in [7, 11) is 3.34. The van der Waals surface area contributed by atoms with Gasteiger partial charge in [-0.1, -0.05) is 18.2 Å². The second-order valence-electron chi connectivity index (χ2n) is 5.17. The monoisotopic (exact) mass is 320 g/mol. The van der Waals surface area contributed by atoms with Crippen molar-refractivity contribution in [3.63, 3.8) is 0 Å². The molecule has 0 unspecified atom stereocenters. The van der Waals surface area contributed by atoms with Gasteiger partial charge in [0.05, 0.1) is 13.7 Å². The summed E-state index contributed by atoms with van der Waals surface area (Å²) >= 11 is 0. The molecule has 0 atom stereocenters. The summed E-state index contributed by atoms with van der Waals surface area (Å²) in [5.74, 6) is -1.32. The molecule has 0 aromatic heterocycles. The van der Waals surface area contributed by atoms with Crippen LogP contribution in [0.3, 0.4) is 0 Å². The molecule has 2 rings (SSSR count). The Kier molecular flexibility index (Phi) is 5.65. The fourth-order valence-corrected chi connectivity index (χ4v) is 2.14. The summed E-state index contributed by atoms with van der Waals surface area (Å²) in [6, 6.07) is 10.9. The van der Waals surface area contributed by atoms with Crippen molar-refractivity contribution in [1.82, 2.24) is 4.90 Å². The molecule has 4 nitrogen and oxygen atoms in total. The lowest BCUT2D eigenvalue weighted by Crippen LogP contribution is -2.30. The molecule has 0 saturated carbocycles.